The first-order valence-electron chi connectivity index (χ1n) is 9.51. The number of ether oxygens (including phenoxy) is 1. The second-order valence-corrected chi connectivity index (χ2v) is 8.11. The number of likely N-dealkylation sites (N-methyl/N-ethyl adjacent to an activating group) is 1. The van der Waals surface area contributed by atoms with Gasteiger partial charge >= 0.3 is 5.63 Å². The van der Waals surface area contributed by atoms with Gasteiger partial charge in [0.15, 0.2) is 11.3 Å². The van der Waals surface area contributed by atoms with Crippen LogP contribution < -0.4 is 15.7 Å². The molecule has 2 aromatic carbocycles. The van der Waals surface area contributed by atoms with Crippen molar-refractivity contribution in [2.45, 2.75) is 6.04 Å². The molecular weight excluding hydrogens is 400 g/mol. The number of hydrogen-bond donors (Lipinski definition) is 1. The first kappa shape index (κ1) is 20.1. The van der Waals surface area contributed by atoms with Crippen molar-refractivity contribution in [3.8, 4) is 5.75 Å². The molecule has 0 saturated heterocycles. The minimum absolute atomic E-state index is 0.0246. The average molecular weight is 423 g/mol. The third kappa shape index (κ3) is 3.69. The Bertz CT molecular complexity index is 1280. The molecule has 2 aromatic heterocycles. The highest BCUT2D eigenvalue weighted by Crippen LogP contribution is 2.32. The summed E-state index contributed by atoms with van der Waals surface area (Å²) in [6.45, 7) is 0.363. The van der Waals surface area contributed by atoms with Gasteiger partial charge in [-0.15, -0.1) is 11.3 Å². The lowest BCUT2D eigenvalue weighted by atomic mass is 10.0. The van der Waals surface area contributed by atoms with Gasteiger partial charge in [0.25, 0.3) is 5.91 Å². The van der Waals surface area contributed by atoms with Crippen LogP contribution in [0, 0.1) is 0 Å². The molecule has 1 N–H and O–H groups in total. The van der Waals surface area contributed by atoms with Crippen LogP contribution in [0.1, 0.15) is 22.0 Å². The number of nitrogens with zero attached hydrogens (tertiary/aromatic N) is 1. The maximum atomic E-state index is 12.8. The maximum Gasteiger partial charge on any atom is 0.349 e. The van der Waals surface area contributed by atoms with Crippen molar-refractivity contribution in [3.05, 3.63) is 75.5 Å². The van der Waals surface area contributed by atoms with Crippen LogP contribution >= 0.6 is 11.3 Å². The number of carbonyl (C=O) groups excluding carboxylic acids is 1. The van der Waals surface area contributed by atoms with Crippen LogP contribution in [-0.4, -0.2) is 38.6 Å². The van der Waals surface area contributed by atoms with Gasteiger partial charge in [0.1, 0.15) is 5.56 Å². The van der Waals surface area contributed by atoms with Crippen molar-refractivity contribution in [2.75, 3.05) is 27.7 Å². The van der Waals surface area contributed by atoms with Crippen LogP contribution in [0.2, 0.25) is 0 Å². The Hall–Kier alpha value is -3.16. The van der Waals surface area contributed by atoms with Gasteiger partial charge in [-0.25, -0.2) is 4.79 Å². The average Bonchev–Trinajstić information content (AvgIpc) is 3.16. The van der Waals surface area contributed by atoms with Crippen molar-refractivity contribution in [3.63, 3.8) is 0 Å². The SMILES string of the molecule is COc1cccc2cc(C(=O)NC[C@H](c3csc4ccccc34)N(C)C)c(=O)oc12. The van der Waals surface area contributed by atoms with E-state index >= 15 is 0 Å². The monoisotopic (exact) mass is 422 g/mol. The van der Waals surface area contributed by atoms with Gasteiger partial charge in [-0.2, -0.15) is 0 Å². The van der Waals surface area contributed by atoms with Gasteiger partial charge in [-0.1, -0.05) is 30.3 Å². The summed E-state index contributed by atoms with van der Waals surface area (Å²) in [5.74, 6) is -0.00609. The number of benzene rings is 2. The summed E-state index contributed by atoms with van der Waals surface area (Å²) in [4.78, 5) is 27.3. The lowest BCUT2D eigenvalue weighted by molar-refractivity contribution is 0.0938. The standard InChI is InChI=1S/C23H22N2O4S/c1-25(2)18(17-13-30-20-10-5-4-8-15(17)20)12-24-22(26)16-11-14-7-6-9-19(28-3)21(14)29-23(16)27/h4-11,13,18H,12H2,1-3H3,(H,24,26)/t18-/m1/s1. The van der Waals surface area contributed by atoms with E-state index < -0.39 is 11.5 Å². The molecular formula is C23H22N2O4S. The molecule has 0 aliphatic heterocycles. The zero-order chi connectivity index (χ0) is 21.3. The van der Waals surface area contributed by atoms with Crippen molar-refractivity contribution < 1.29 is 13.9 Å². The van der Waals surface area contributed by atoms with Gasteiger partial charge in [0.2, 0.25) is 0 Å². The summed E-state index contributed by atoms with van der Waals surface area (Å²) in [7, 11) is 5.45. The number of carbonyl (C=O) groups is 1. The number of methoxy groups -OCH3 is 1. The second kappa shape index (κ2) is 8.30. The van der Waals surface area contributed by atoms with Gasteiger partial charge in [0, 0.05) is 16.6 Å². The molecule has 2 heterocycles. The summed E-state index contributed by atoms with van der Waals surface area (Å²) in [6, 6.07) is 15.0. The summed E-state index contributed by atoms with van der Waals surface area (Å²) in [5, 5.41) is 6.83. The number of fused-ring (bicyclic) bond motifs is 2. The van der Waals surface area contributed by atoms with Gasteiger partial charge in [0.05, 0.1) is 13.2 Å². The largest absolute Gasteiger partial charge is 0.493 e. The Morgan fingerprint density at radius 1 is 1.20 bits per heavy atom. The fourth-order valence-electron chi connectivity index (χ4n) is 3.55. The Kier molecular flexibility index (Phi) is 5.57. The topological polar surface area (TPSA) is 71.8 Å². The highest BCUT2D eigenvalue weighted by molar-refractivity contribution is 7.17. The van der Waals surface area contributed by atoms with Crippen molar-refractivity contribution >= 4 is 38.3 Å². The number of rotatable bonds is 6. The minimum Gasteiger partial charge on any atom is -0.493 e. The Morgan fingerprint density at radius 2 is 2.00 bits per heavy atom. The Morgan fingerprint density at radius 3 is 2.77 bits per heavy atom. The van der Waals surface area contributed by atoms with Crippen LogP contribution in [0.25, 0.3) is 21.1 Å². The molecule has 0 fully saturated rings. The molecule has 154 valence electrons. The van der Waals surface area contributed by atoms with E-state index in [0.717, 1.165) is 5.56 Å². The van der Waals surface area contributed by atoms with Crippen molar-refractivity contribution in [1.82, 2.24) is 10.2 Å². The zero-order valence-corrected chi connectivity index (χ0v) is 17.8. The van der Waals surface area contributed by atoms with Gasteiger partial charge in [-0.05, 0) is 48.6 Å². The third-order valence-corrected chi connectivity index (χ3v) is 6.12. The Balaban J connectivity index is 1.60. The normalized spacial score (nSPS) is 12.4. The zero-order valence-electron chi connectivity index (χ0n) is 17.0. The lowest BCUT2D eigenvalue weighted by Gasteiger charge is -2.24. The first-order valence-corrected chi connectivity index (χ1v) is 10.4. The molecule has 4 rings (SSSR count). The molecule has 0 saturated carbocycles. The molecule has 0 aliphatic carbocycles. The summed E-state index contributed by atoms with van der Waals surface area (Å²) >= 11 is 1.68. The molecule has 1 amide bonds. The van der Waals surface area contributed by atoms with Crippen LogP contribution in [0.15, 0.2) is 63.1 Å². The predicted molar refractivity (Wildman–Crippen MR) is 120 cm³/mol. The summed E-state index contributed by atoms with van der Waals surface area (Å²) in [5.41, 5.74) is 0.768. The molecule has 6 nitrogen and oxygen atoms in total. The summed E-state index contributed by atoms with van der Waals surface area (Å²) < 4.78 is 11.8. The predicted octanol–water partition coefficient (Wildman–Crippen LogP) is 4.05. The third-order valence-electron chi connectivity index (χ3n) is 5.14. The smallest absolute Gasteiger partial charge is 0.349 e. The van der Waals surface area contributed by atoms with E-state index in [1.165, 1.54) is 17.2 Å². The van der Waals surface area contributed by atoms with E-state index in [1.807, 2.05) is 26.2 Å². The number of para-hydroxylation sites is 1. The number of thiophene rings is 1. The molecule has 0 aliphatic rings. The molecule has 30 heavy (non-hydrogen) atoms. The summed E-state index contributed by atoms with van der Waals surface area (Å²) in [6.07, 6.45) is 0. The van der Waals surface area contributed by atoms with Gasteiger partial charge in [-0.3, -0.25) is 4.79 Å². The molecule has 0 unspecified atom stereocenters. The van der Waals surface area contributed by atoms with E-state index in [-0.39, 0.29) is 11.6 Å². The first-order chi connectivity index (χ1) is 14.5. The molecule has 7 heteroatoms. The highest BCUT2D eigenvalue weighted by Gasteiger charge is 2.21. The fraction of sp³-hybridized carbons (Fsp3) is 0.217. The molecule has 0 bridgehead atoms. The van der Waals surface area contributed by atoms with E-state index in [1.54, 1.807) is 35.6 Å². The van der Waals surface area contributed by atoms with E-state index in [0.29, 0.717) is 23.3 Å². The number of nitrogens with one attached hydrogen (secondary N) is 1. The maximum absolute atomic E-state index is 12.8. The number of amides is 1. The van der Waals surface area contributed by atoms with Crippen LogP contribution in [-0.2, 0) is 0 Å². The van der Waals surface area contributed by atoms with Crippen LogP contribution in [0.5, 0.6) is 5.75 Å². The Labute approximate surface area is 177 Å². The minimum atomic E-state index is -0.688. The molecule has 0 spiro atoms. The van der Waals surface area contributed by atoms with Gasteiger partial charge < -0.3 is 19.4 Å². The molecule has 1 atom stereocenters. The van der Waals surface area contributed by atoms with E-state index in [4.69, 9.17) is 9.15 Å². The molecule has 0 radical (unpaired) electrons. The van der Waals surface area contributed by atoms with Crippen molar-refractivity contribution in [2.24, 2.45) is 0 Å². The number of hydrogen-bond acceptors (Lipinski definition) is 6. The van der Waals surface area contributed by atoms with E-state index in [9.17, 15) is 9.59 Å². The quantitative estimate of drug-likeness (QED) is 0.475. The highest BCUT2D eigenvalue weighted by atomic mass is 32.1. The fourth-order valence-corrected chi connectivity index (χ4v) is 4.56. The van der Waals surface area contributed by atoms with E-state index in [2.05, 4.69) is 27.7 Å². The van der Waals surface area contributed by atoms with Crippen molar-refractivity contribution in [1.29, 1.82) is 0 Å². The van der Waals surface area contributed by atoms with Crippen LogP contribution in [0.4, 0.5) is 0 Å². The lowest BCUT2D eigenvalue weighted by Crippen LogP contribution is -2.36. The molecule has 4 aromatic rings. The second-order valence-electron chi connectivity index (χ2n) is 7.20. The van der Waals surface area contributed by atoms with Crippen LogP contribution in [0.3, 0.4) is 0 Å².